The Morgan fingerprint density at radius 1 is 1.08 bits per heavy atom. The van der Waals surface area contributed by atoms with Crippen LogP contribution in [0.2, 0.25) is 0 Å². The molecule has 0 radical (unpaired) electrons. The molecule has 0 aromatic carbocycles. The molecule has 0 aromatic heterocycles. The largest absolute Gasteiger partial charge is 0.395 e. The number of aliphatic hydroxyl groups excluding tert-OH is 1. The fourth-order valence-electron chi connectivity index (χ4n) is 1.33. The van der Waals surface area contributed by atoms with Crippen LogP contribution < -0.4 is 5.32 Å². The molecule has 0 heterocycles. The number of aliphatic hydroxyl groups is 1. The molecule has 0 spiro atoms. The highest BCUT2D eigenvalue weighted by Gasteiger charge is 2.14. The number of hydrogen-bond acceptors (Lipinski definition) is 2. The molecule has 0 fully saturated rings. The molecule has 0 aliphatic heterocycles. The first-order valence-electron chi connectivity index (χ1n) is 5.34. The molecule has 13 heavy (non-hydrogen) atoms. The van der Waals surface area contributed by atoms with Crippen LogP contribution in [-0.4, -0.2) is 23.8 Å². The first-order chi connectivity index (χ1) is 5.97. The van der Waals surface area contributed by atoms with Gasteiger partial charge in [0, 0.05) is 12.1 Å². The zero-order valence-electron chi connectivity index (χ0n) is 9.67. The molecule has 0 bridgehead atoms. The Morgan fingerprint density at radius 3 is 1.92 bits per heavy atom. The Labute approximate surface area is 82.7 Å². The van der Waals surface area contributed by atoms with E-state index in [1.807, 2.05) is 0 Å². The Kier molecular flexibility index (Phi) is 6.35. The standard InChI is InChI=1S/C11H25NO/c1-8(2)6-11(7-13)12-10(5)9(3)4/h8-13H,6-7H2,1-5H3. The highest BCUT2D eigenvalue weighted by Crippen LogP contribution is 2.07. The van der Waals surface area contributed by atoms with Gasteiger partial charge in [-0.05, 0) is 25.2 Å². The monoisotopic (exact) mass is 187 g/mol. The lowest BCUT2D eigenvalue weighted by atomic mass is 10.0. The van der Waals surface area contributed by atoms with Crippen molar-refractivity contribution in [2.75, 3.05) is 6.61 Å². The van der Waals surface area contributed by atoms with E-state index in [0.717, 1.165) is 6.42 Å². The molecule has 0 aromatic rings. The second kappa shape index (κ2) is 6.39. The van der Waals surface area contributed by atoms with Crippen molar-refractivity contribution in [1.29, 1.82) is 0 Å². The van der Waals surface area contributed by atoms with Gasteiger partial charge in [-0.25, -0.2) is 0 Å². The summed E-state index contributed by atoms with van der Waals surface area (Å²) in [6, 6.07) is 0.744. The summed E-state index contributed by atoms with van der Waals surface area (Å²) in [5.74, 6) is 1.27. The average Bonchev–Trinajstić information content (AvgIpc) is 2.02. The molecule has 2 N–H and O–H groups in total. The average molecular weight is 187 g/mol. The molecule has 80 valence electrons. The van der Waals surface area contributed by atoms with Crippen molar-refractivity contribution in [3.8, 4) is 0 Å². The van der Waals surface area contributed by atoms with Crippen molar-refractivity contribution in [3.05, 3.63) is 0 Å². The Morgan fingerprint density at radius 2 is 1.62 bits per heavy atom. The predicted octanol–water partition coefficient (Wildman–Crippen LogP) is 2.03. The van der Waals surface area contributed by atoms with E-state index in [0.29, 0.717) is 17.9 Å². The van der Waals surface area contributed by atoms with Gasteiger partial charge in [0.1, 0.15) is 0 Å². The van der Waals surface area contributed by atoms with Crippen molar-refractivity contribution in [2.24, 2.45) is 11.8 Å². The molecule has 0 aliphatic carbocycles. The zero-order chi connectivity index (χ0) is 10.4. The van der Waals surface area contributed by atoms with Crippen LogP contribution >= 0.6 is 0 Å². The third-order valence-corrected chi connectivity index (χ3v) is 2.47. The summed E-state index contributed by atoms with van der Waals surface area (Å²) in [6.07, 6.45) is 1.05. The van der Waals surface area contributed by atoms with Crippen molar-refractivity contribution < 1.29 is 5.11 Å². The SMILES string of the molecule is CC(C)CC(CO)NC(C)C(C)C. The highest BCUT2D eigenvalue weighted by molar-refractivity contribution is 4.73. The number of nitrogens with one attached hydrogen (secondary N) is 1. The summed E-state index contributed by atoms with van der Waals surface area (Å²) < 4.78 is 0. The Balaban J connectivity index is 3.83. The molecule has 2 atom stereocenters. The highest BCUT2D eigenvalue weighted by atomic mass is 16.3. The molecule has 2 unspecified atom stereocenters. The van der Waals surface area contributed by atoms with E-state index in [-0.39, 0.29) is 12.6 Å². The van der Waals surface area contributed by atoms with Gasteiger partial charge in [0.05, 0.1) is 6.61 Å². The van der Waals surface area contributed by atoms with E-state index in [4.69, 9.17) is 5.11 Å². The molecule has 0 rings (SSSR count). The fraction of sp³-hybridized carbons (Fsp3) is 1.00. The van der Waals surface area contributed by atoms with Crippen molar-refractivity contribution >= 4 is 0 Å². The van der Waals surface area contributed by atoms with E-state index >= 15 is 0 Å². The minimum Gasteiger partial charge on any atom is -0.395 e. The summed E-state index contributed by atoms with van der Waals surface area (Å²) in [6.45, 7) is 11.2. The maximum atomic E-state index is 9.14. The quantitative estimate of drug-likeness (QED) is 0.667. The summed E-state index contributed by atoms with van der Waals surface area (Å²) >= 11 is 0. The molecule has 2 heteroatoms. The molecule has 0 saturated heterocycles. The van der Waals surface area contributed by atoms with E-state index < -0.39 is 0 Å². The van der Waals surface area contributed by atoms with Crippen LogP contribution in [0.15, 0.2) is 0 Å². The third-order valence-electron chi connectivity index (χ3n) is 2.47. The minimum absolute atomic E-state index is 0.245. The van der Waals surface area contributed by atoms with Gasteiger partial charge in [0.25, 0.3) is 0 Å². The topological polar surface area (TPSA) is 32.3 Å². The van der Waals surface area contributed by atoms with Gasteiger partial charge in [0.15, 0.2) is 0 Å². The van der Waals surface area contributed by atoms with Gasteiger partial charge in [-0.15, -0.1) is 0 Å². The van der Waals surface area contributed by atoms with Crippen LogP contribution in [0.4, 0.5) is 0 Å². The summed E-state index contributed by atoms with van der Waals surface area (Å²) in [4.78, 5) is 0. The van der Waals surface area contributed by atoms with Gasteiger partial charge in [-0.3, -0.25) is 0 Å². The Bertz CT molecular complexity index is 123. The summed E-state index contributed by atoms with van der Waals surface area (Å²) in [7, 11) is 0. The second-order valence-corrected chi connectivity index (χ2v) is 4.71. The predicted molar refractivity (Wildman–Crippen MR) is 57.8 cm³/mol. The lowest BCUT2D eigenvalue weighted by molar-refractivity contribution is 0.206. The summed E-state index contributed by atoms with van der Waals surface area (Å²) in [5.41, 5.74) is 0. The first kappa shape index (κ1) is 12.9. The molecule has 0 aliphatic rings. The molecular formula is C11H25NO. The van der Waals surface area contributed by atoms with E-state index in [9.17, 15) is 0 Å². The normalized spacial score (nSPS) is 16.6. The van der Waals surface area contributed by atoms with Crippen molar-refractivity contribution in [1.82, 2.24) is 5.32 Å². The van der Waals surface area contributed by atoms with Gasteiger partial charge in [-0.2, -0.15) is 0 Å². The first-order valence-corrected chi connectivity index (χ1v) is 5.34. The lowest BCUT2D eigenvalue weighted by Crippen LogP contribution is -2.42. The third kappa shape index (κ3) is 6.05. The van der Waals surface area contributed by atoms with Gasteiger partial charge in [-0.1, -0.05) is 27.7 Å². The smallest absolute Gasteiger partial charge is 0.0584 e. The van der Waals surface area contributed by atoms with Gasteiger partial charge >= 0.3 is 0 Å². The lowest BCUT2D eigenvalue weighted by Gasteiger charge is -2.25. The molecule has 0 saturated carbocycles. The maximum Gasteiger partial charge on any atom is 0.0584 e. The number of rotatable bonds is 6. The van der Waals surface area contributed by atoms with Gasteiger partial charge < -0.3 is 10.4 Å². The maximum absolute atomic E-state index is 9.14. The van der Waals surface area contributed by atoms with Gasteiger partial charge in [0.2, 0.25) is 0 Å². The van der Waals surface area contributed by atoms with Crippen LogP contribution in [0, 0.1) is 11.8 Å². The van der Waals surface area contributed by atoms with Crippen LogP contribution in [-0.2, 0) is 0 Å². The minimum atomic E-state index is 0.245. The van der Waals surface area contributed by atoms with Crippen LogP contribution in [0.25, 0.3) is 0 Å². The molecular weight excluding hydrogens is 162 g/mol. The molecule has 0 amide bonds. The number of hydrogen-bond donors (Lipinski definition) is 2. The van der Waals surface area contributed by atoms with Crippen molar-refractivity contribution in [3.63, 3.8) is 0 Å². The fourth-order valence-corrected chi connectivity index (χ4v) is 1.33. The van der Waals surface area contributed by atoms with E-state index in [1.165, 1.54) is 0 Å². The summed E-state index contributed by atoms with van der Waals surface area (Å²) in [5, 5.41) is 12.6. The zero-order valence-corrected chi connectivity index (χ0v) is 9.67. The van der Waals surface area contributed by atoms with Crippen molar-refractivity contribution in [2.45, 2.75) is 53.1 Å². The second-order valence-electron chi connectivity index (χ2n) is 4.71. The van der Waals surface area contributed by atoms with Crippen LogP contribution in [0.5, 0.6) is 0 Å². The van der Waals surface area contributed by atoms with Crippen LogP contribution in [0.1, 0.15) is 41.0 Å². The molecule has 2 nitrogen and oxygen atoms in total. The Hall–Kier alpha value is -0.0800. The van der Waals surface area contributed by atoms with E-state index in [2.05, 4.69) is 39.9 Å². The van der Waals surface area contributed by atoms with E-state index in [1.54, 1.807) is 0 Å². The van der Waals surface area contributed by atoms with Crippen LogP contribution in [0.3, 0.4) is 0 Å².